The number of hydrogen-bond donors (Lipinski definition) is 1. The smallest absolute Gasteiger partial charge is 0.259 e. The molecule has 0 atom stereocenters. The molecular formula is C12H20N4O. The van der Waals surface area contributed by atoms with Gasteiger partial charge >= 0.3 is 0 Å². The topological polar surface area (TPSA) is 64.2 Å². The van der Waals surface area contributed by atoms with Crippen molar-refractivity contribution in [2.45, 2.75) is 26.7 Å². The van der Waals surface area contributed by atoms with E-state index in [1.165, 1.54) is 4.68 Å². The number of nitrogens with zero attached hydrogens (tertiary/aromatic N) is 3. The monoisotopic (exact) mass is 236 g/mol. The summed E-state index contributed by atoms with van der Waals surface area (Å²) in [6.45, 7) is 6.10. The Kier molecular flexibility index (Phi) is 2.85. The molecule has 1 aliphatic heterocycles. The molecule has 0 aromatic carbocycles. The highest BCUT2D eigenvalue weighted by Gasteiger charge is 2.29. The van der Waals surface area contributed by atoms with Gasteiger partial charge in [0, 0.05) is 20.1 Å². The van der Waals surface area contributed by atoms with Crippen molar-refractivity contribution in [3.05, 3.63) is 11.8 Å². The lowest BCUT2D eigenvalue weighted by Gasteiger charge is -2.36. The van der Waals surface area contributed by atoms with Crippen LogP contribution in [-0.2, 0) is 7.05 Å². The number of likely N-dealkylation sites (tertiary alicyclic amines) is 1. The molecule has 2 N–H and O–H groups in total. The quantitative estimate of drug-likeness (QED) is 0.798. The van der Waals surface area contributed by atoms with E-state index < -0.39 is 0 Å². The van der Waals surface area contributed by atoms with Crippen LogP contribution in [0.3, 0.4) is 0 Å². The molecule has 1 amide bonds. The first-order chi connectivity index (χ1) is 7.91. The standard InChI is InChI=1S/C12H20N4O/c1-12(2)4-6-16(7-5-12)11(17)9-8-14-15(3)10(9)13/h8H,4-7,13H2,1-3H3. The van der Waals surface area contributed by atoms with Crippen molar-refractivity contribution in [1.29, 1.82) is 0 Å². The van der Waals surface area contributed by atoms with Crippen LogP contribution in [-0.4, -0.2) is 33.7 Å². The first-order valence-electron chi connectivity index (χ1n) is 5.97. The normalized spacial score (nSPS) is 19.4. The Balaban J connectivity index is 2.10. The molecule has 0 saturated carbocycles. The molecule has 1 fully saturated rings. The Morgan fingerprint density at radius 1 is 1.41 bits per heavy atom. The number of piperidine rings is 1. The largest absolute Gasteiger partial charge is 0.383 e. The molecule has 17 heavy (non-hydrogen) atoms. The number of carbonyl (C=O) groups excluding carboxylic acids is 1. The van der Waals surface area contributed by atoms with Crippen molar-refractivity contribution in [3.8, 4) is 0 Å². The fourth-order valence-electron chi connectivity index (χ4n) is 2.10. The van der Waals surface area contributed by atoms with E-state index in [4.69, 9.17) is 5.73 Å². The molecule has 0 radical (unpaired) electrons. The van der Waals surface area contributed by atoms with E-state index in [0.717, 1.165) is 25.9 Å². The Morgan fingerprint density at radius 3 is 2.47 bits per heavy atom. The van der Waals surface area contributed by atoms with Crippen molar-refractivity contribution in [3.63, 3.8) is 0 Å². The predicted molar refractivity (Wildman–Crippen MR) is 66.5 cm³/mol. The highest BCUT2D eigenvalue weighted by molar-refractivity contribution is 5.98. The fourth-order valence-corrected chi connectivity index (χ4v) is 2.10. The summed E-state index contributed by atoms with van der Waals surface area (Å²) in [5.74, 6) is 0.450. The van der Waals surface area contributed by atoms with Crippen LogP contribution in [0.2, 0.25) is 0 Å². The van der Waals surface area contributed by atoms with Gasteiger partial charge in [0.25, 0.3) is 5.91 Å². The summed E-state index contributed by atoms with van der Waals surface area (Å²) in [6.07, 6.45) is 3.63. The molecule has 1 saturated heterocycles. The highest BCUT2D eigenvalue weighted by atomic mass is 16.2. The second-order valence-corrected chi connectivity index (χ2v) is 5.52. The van der Waals surface area contributed by atoms with Gasteiger partial charge in [-0.25, -0.2) is 0 Å². The van der Waals surface area contributed by atoms with E-state index in [2.05, 4.69) is 18.9 Å². The maximum Gasteiger partial charge on any atom is 0.259 e. The zero-order valence-corrected chi connectivity index (χ0v) is 10.7. The zero-order valence-electron chi connectivity index (χ0n) is 10.7. The van der Waals surface area contributed by atoms with Crippen LogP contribution in [0.15, 0.2) is 6.20 Å². The Labute approximate surface area is 102 Å². The number of hydrogen-bond acceptors (Lipinski definition) is 3. The van der Waals surface area contributed by atoms with Gasteiger partial charge in [-0.3, -0.25) is 9.48 Å². The molecular weight excluding hydrogens is 216 g/mol. The van der Waals surface area contributed by atoms with E-state index in [-0.39, 0.29) is 5.91 Å². The zero-order chi connectivity index (χ0) is 12.6. The van der Waals surface area contributed by atoms with Crippen molar-refractivity contribution in [2.75, 3.05) is 18.8 Å². The average molecular weight is 236 g/mol. The maximum absolute atomic E-state index is 12.2. The highest BCUT2D eigenvalue weighted by Crippen LogP contribution is 2.30. The van der Waals surface area contributed by atoms with Crippen molar-refractivity contribution >= 4 is 11.7 Å². The number of anilines is 1. The number of carbonyl (C=O) groups is 1. The van der Waals surface area contributed by atoms with E-state index >= 15 is 0 Å². The summed E-state index contributed by atoms with van der Waals surface area (Å²) in [6, 6.07) is 0. The van der Waals surface area contributed by atoms with E-state index in [9.17, 15) is 4.79 Å². The van der Waals surface area contributed by atoms with E-state index in [0.29, 0.717) is 16.8 Å². The summed E-state index contributed by atoms with van der Waals surface area (Å²) < 4.78 is 1.53. The van der Waals surface area contributed by atoms with Crippen LogP contribution in [0.4, 0.5) is 5.82 Å². The van der Waals surface area contributed by atoms with Gasteiger partial charge < -0.3 is 10.6 Å². The number of amides is 1. The summed E-state index contributed by atoms with van der Waals surface area (Å²) in [4.78, 5) is 14.1. The van der Waals surface area contributed by atoms with Gasteiger partial charge in [-0.05, 0) is 18.3 Å². The van der Waals surface area contributed by atoms with Crippen molar-refractivity contribution in [2.24, 2.45) is 12.5 Å². The Morgan fingerprint density at radius 2 is 2.00 bits per heavy atom. The van der Waals surface area contributed by atoms with Crippen LogP contribution in [0.25, 0.3) is 0 Å². The van der Waals surface area contributed by atoms with Gasteiger partial charge in [0.05, 0.1) is 6.20 Å². The van der Waals surface area contributed by atoms with Crippen molar-refractivity contribution in [1.82, 2.24) is 14.7 Å². The fraction of sp³-hybridized carbons (Fsp3) is 0.667. The van der Waals surface area contributed by atoms with Gasteiger partial charge in [-0.2, -0.15) is 5.10 Å². The second-order valence-electron chi connectivity index (χ2n) is 5.52. The third-order valence-electron chi connectivity index (χ3n) is 3.62. The molecule has 1 aliphatic rings. The molecule has 0 unspecified atom stereocenters. The van der Waals surface area contributed by atoms with Gasteiger partial charge in [-0.1, -0.05) is 13.8 Å². The molecule has 94 valence electrons. The SMILES string of the molecule is Cn1ncc(C(=O)N2CCC(C)(C)CC2)c1N. The molecule has 5 nitrogen and oxygen atoms in total. The minimum absolute atomic E-state index is 0.00565. The van der Waals surface area contributed by atoms with Crippen molar-refractivity contribution < 1.29 is 4.79 Å². The third kappa shape index (κ3) is 2.28. The van der Waals surface area contributed by atoms with Gasteiger partial charge in [0.15, 0.2) is 0 Å². The number of aromatic nitrogens is 2. The molecule has 0 spiro atoms. The molecule has 1 aromatic rings. The van der Waals surface area contributed by atoms with E-state index in [1.807, 2.05) is 4.90 Å². The van der Waals surface area contributed by atoms with Gasteiger partial charge in [0.1, 0.15) is 11.4 Å². The molecule has 1 aromatic heterocycles. The van der Waals surface area contributed by atoms with Crippen LogP contribution >= 0.6 is 0 Å². The molecule has 0 aliphatic carbocycles. The second kappa shape index (κ2) is 4.05. The van der Waals surface area contributed by atoms with Crippen LogP contribution in [0.5, 0.6) is 0 Å². The number of nitrogen functional groups attached to an aromatic ring is 1. The lowest BCUT2D eigenvalue weighted by atomic mass is 9.82. The number of rotatable bonds is 1. The summed E-state index contributed by atoms with van der Waals surface area (Å²) in [7, 11) is 1.74. The average Bonchev–Trinajstić information content (AvgIpc) is 2.59. The Bertz CT molecular complexity index is 426. The number of nitrogens with two attached hydrogens (primary N) is 1. The third-order valence-corrected chi connectivity index (χ3v) is 3.62. The minimum atomic E-state index is 0.00565. The lowest BCUT2D eigenvalue weighted by Crippen LogP contribution is -2.41. The summed E-state index contributed by atoms with van der Waals surface area (Å²) in [5, 5.41) is 4.00. The van der Waals surface area contributed by atoms with Gasteiger partial charge in [-0.15, -0.1) is 0 Å². The van der Waals surface area contributed by atoms with E-state index in [1.54, 1.807) is 13.2 Å². The first-order valence-corrected chi connectivity index (χ1v) is 5.97. The molecule has 2 heterocycles. The minimum Gasteiger partial charge on any atom is -0.383 e. The Hall–Kier alpha value is -1.52. The molecule has 0 bridgehead atoms. The molecule has 5 heteroatoms. The number of aryl methyl sites for hydroxylation is 1. The summed E-state index contributed by atoms with van der Waals surface area (Å²) in [5.41, 5.74) is 6.68. The van der Waals surface area contributed by atoms with Gasteiger partial charge in [0.2, 0.25) is 0 Å². The first kappa shape index (κ1) is 12.0. The molecule has 2 rings (SSSR count). The predicted octanol–water partition coefficient (Wildman–Crippen LogP) is 1.26. The van der Waals surface area contributed by atoms with Crippen LogP contribution < -0.4 is 5.73 Å². The summed E-state index contributed by atoms with van der Waals surface area (Å²) >= 11 is 0. The van der Waals surface area contributed by atoms with Crippen LogP contribution in [0, 0.1) is 5.41 Å². The lowest BCUT2D eigenvalue weighted by molar-refractivity contribution is 0.0631. The maximum atomic E-state index is 12.2. The van der Waals surface area contributed by atoms with Crippen LogP contribution in [0.1, 0.15) is 37.0 Å².